The van der Waals surface area contributed by atoms with E-state index in [0.717, 1.165) is 50.0 Å². The molecule has 0 radical (unpaired) electrons. The Bertz CT molecular complexity index is 772. The van der Waals surface area contributed by atoms with Crippen LogP contribution in [0.2, 0.25) is 0 Å². The molecule has 4 nitrogen and oxygen atoms in total. The summed E-state index contributed by atoms with van der Waals surface area (Å²) in [5.41, 5.74) is 6.54. The summed E-state index contributed by atoms with van der Waals surface area (Å²) in [6, 6.07) is 4.25. The summed E-state index contributed by atoms with van der Waals surface area (Å²) in [5, 5.41) is 3.09. The molecule has 132 valence electrons. The number of benzene rings is 1. The quantitative estimate of drug-likeness (QED) is 0.864. The fourth-order valence-corrected chi connectivity index (χ4v) is 4.04. The summed E-state index contributed by atoms with van der Waals surface area (Å²) in [5.74, 6) is 2.42. The number of nitrogens with one attached hydrogen (secondary N) is 1. The van der Waals surface area contributed by atoms with Crippen LogP contribution in [-0.4, -0.2) is 26.7 Å². The fraction of sp³-hybridized carbons (Fsp3) is 0.476. The molecule has 0 heterocycles. The summed E-state index contributed by atoms with van der Waals surface area (Å²) in [4.78, 5) is 11.9. The van der Waals surface area contributed by atoms with E-state index >= 15 is 0 Å². The van der Waals surface area contributed by atoms with Crippen LogP contribution >= 0.6 is 0 Å². The molecule has 4 rings (SSSR count). The number of rotatable bonds is 6. The zero-order valence-corrected chi connectivity index (χ0v) is 15.0. The zero-order chi connectivity index (χ0) is 17.4. The van der Waals surface area contributed by atoms with E-state index in [9.17, 15) is 4.79 Å². The Balaban J connectivity index is 1.65. The van der Waals surface area contributed by atoms with Gasteiger partial charge in [-0.25, -0.2) is 0 Å². The minimum absolute atomic E-state index is 0.218. The number of ether oxygens (including phenoxy) is 2. The van der Waals surface area contributed by atoms with Gasteiger partial charge in [-0.05, 0) is 61.8 Å². The van der Waals surface area contributed by atoms with Gasteiger partial charge < -0.3 is 14.8 Å². The summed E-state index contributed by atoms with van der Waals surface area (Å²) in [6.07, 6.45) is 8.01. The maximum atomic E-state index is 11.9. The highest BCUT2D eigenvalue weighted by atomic mass is 16.5. The molecule has 1 saturated carbocycles. The minimum atomic E-state index is 0.218. The van der Waals surface area contributed by atoms with Crippen LogP contribution in [0.5, 0.6) is 5.75 Å². The average molecular weight is 339 g/mol. The van der Waals surface area contributed by atoms with Gasteiger partial charge in [0.15, 0.2) is 0 Å². The predicted octanol–water partition coefficient (Wildman–Crippen LogP) is 3.40. The Morgan fingerprint density at radius 2 is 2.04 bits per heavy atom. The number of carbonyl (C=O) groups is 1. The van der Waals surface area contributed by atoms with E-state index in [2.05, 4.69) is 23.5 Å². The van der Waals surface area contributed by atoms with E-state index in [0.29, 0.717) is 6.54 Å². The molecule has 0 aromatic heterocycles. The molecule has 0 saturated heterocycles. The second-order valence-corrected chi connectivity index (χ2v) is 7.05. The molecular formula is C21H25NO3. The lowest BCUT2D eigenvalue weighted by molar-refractivity contribution is -0.122. The summed E-state index contributed by atoms with van der Waals surface area (Å²) >= 11 is 0. The van der Waals surface area contributed by atoms with Crippen molar-refractivity contribution >= 4 is 11.5 Å². The highest BCUT2D eigenvalue weighted by Gasteiger charge is 2.31. The van der Waals surface area contributed by atoms with Gasteiger partial charge in [-0.15, -0.1) is 0 Å². The molecule has 0 spiro atoms. The molecule has 3 aliphatic rings. The molecule has 1 N–H and O–H groups in total. The SMILES string of the molecule is COC1=CCc2ccc(OC)c3c2C1=C(CCNC(=O)C1CC1)CC3. The molecule has 0 atom stereocenters. The van der Waals surface area contributed by atoms with Crippen molar-refractivity contribution in [3.8, 4) is 5.75 Å². The second kappa shape index (κ2) is 6.58. The summed E-state index contributed by atoms with van der Waals surface area (Å²) in [6.45, 7) is 0.708. The smallest absolute Gasteiger partial charge is 0.223 e. The van der Waals surface area contributed by atoms with Crippen LogP contribution in [0.15, 0.2) is 29.5 Å². The molecule has 25 heavy (non-hydrogen) atoms. The first-order chi connectivity index (χ1) is 12.2. The van der Waals surface area contributed by atoms with E-state index in [1.807, 2.05) is 0 Å². The first-order valence-electron chi connectivity index (χ1n) is 9.16. The Labute approximate surface area is 148 Å². The van der Waals surface area contributed by atoms with Crippen LogP contribution in [0.25, 0.3) is 5.57 Å². The molecule has 4 heteroatoms. The van der Waals surface area contributed by atoms with Crippen molar-refractivity contribution in [1.29, 1.82) is 0 Å². The molecule has 0 bridgehead atoms. The highest BCUT2D eigenvalue weighted by Crippen LogP contribution is 2.45. The number of hydrogen-bond donors (Lipinski definition) is 1. The number of carbonyl (C=O) groups excluding carboxylic acids is 1. The Morgan fingerprint density at radius 3 is 2.76 bits per heavy atom. The minimum Gasteiger partial charge on any atom is -0.496 e. The zero-order valence-electron chi connectivity index (χ0n) is 15.0. The van der Waals surface area contributed by atoms with Crippen molar-refractivity contribution in [2.24, 2.45) is 5.92 Å². The third-order valence-corrected chi connectivity index (χ3v) is 5.50. The second-order valence-electron chi connectivity index (χ2n) is 7.05. The number of hydrogen-bond acceptors (Lipinski definition) is 3. The normalized spacial score (nSPS) is 18.4. The van der Waals surface area contributed by atoms with E-state index < -0.39 is 0 Å². The molecule has 1 aromatic rings. The monoisotopic (exact) mass is 339 g/mol. The maximum Gasteiger partial charge on any atom is 0.223 e. The summed E-state index contributed by atoms with van der Waals surface area (Å²) < 4.78 is 11.3. The van der Waals surface area contributed by atoms with Crippen molar-refractivity contribution in [3.63, 3.8) is 0 Å². The molecular weight excluding hydrogens is 314 g/mol. The van der Waals surface area contributed by atoms with Crippen LogP contribution in [-0.2, 0) is 22.4 Å². The average Bonchev–Trinajstić information content (AvgIpc) is 3.48. The van der Waals surface area contributed by atoms with E-state index in [1.54, 1.807) is 14.2 Å². The van der Waals surface area contributed by atoms with Crippen molar-refractivity contribution in [2.45, 2.75) is 38.5 Å². The van der Waals surface area contributed by atoms with Crippen LogP contribution < -0.4 is 10.1 Å². The number of allylic oxidation sites excluding steroid dienone is 2. The highest BCUT2D eigenvalue weighted by molar-refractivity contribution is 5.87. The predicted molar refractivity (Wildman–Crippen MR) is 97.4 cm³/mol. The van der Waals surface area contributed by atoms with Crippen molar-refractivity contribution in [1.82, 2.24) is 5.32 Å². The van der Waals surface area contributed by atoms with Crippen molar-refractivity contribution < 1.29 is 14.3 Å². The maximum absolute atomic E-state index is 11.9. The van der Waals surface area contributed by atoms with Crippen LogP contribution in [0.1, 0.15) is 42.4 Å². The number of methoxy groups -OCH3 is 2. The van der Waals surface area contributed by atoms with E-state index in [1.165, 1.54) is 27.8 Å². The lowest BCUT2D eigenvalue weighted by Gasteiger charge is -2.30. The van der Waals surface area contributed by atoms with Crippen molar-refractivity contribution in [2.75, 3.05) is 20.8 Å². The molecule has 0 unspecified atom stereocenters. The Morgan fingerprint density at radius 1 is 1.20 bits per heavy atom. The first-order valence-corrected chi connectivity index (χ1v) is 9.16. The lowest BCUT2D eigenvalue weighted by Crippen LogP contribution is -2.26. The number of amides is 1. The van der Waals surface area contributed by atoms with Crippen LogP contribution in [0.4, 0.5) is 0 Å². The lowest BCUT2D eigenvalue weighted by atomic mass is 9.77. The van der Waals surface area contributed by atoms with Crippen LogP contribution in [0.3, 0.4) is 0 Å². The Kier molecular flexibility index (Phi) is 4.28. The molecule has 1 amide bonds. The molecule has 0 aliphatic heterocycles. The van der Waals surface area contributed by atoms with Gasteiger partial charge >= 0.3 is 0 Å². The fourth-order valence-electron chi connectivity index (χ4n) is 4.04. The van der Waals surface area contributed by atoms with E-state index in [-0.39, 0.29) is 11.8 Å². The third kappa shape index (κ3) is 2.94. The topological polar surface area (TPSA) is 47.6 Å². The van der Waals surface area contributed by atoms with Crippen molar-refractivity contribution in [3.05, 3.63) is 46.2 Å². The van der Waals surface area contributed by atoms with Crippen LogP contribution in [0, 0.1) is 5.92 Å². The summed E-state index contributed by atoms with van der Waals surface area (Å²) in [7, 11) is 3.48. The third-order valence-electron chi connectivity index (χ3n) is 5.50. The largest absolute Gasteiger partial charge is 0.496 e. The van der Waals surface area contributed by atoms with Gasteiger partial charge in [-0.3, -0.25) is 4.79 Å². The van der Waals surface area contributed by atoms with Gasteiger partial charge in [-0.2, -0.15) is 0 Å². The molecule has 1 aromatic carbocycles. The first kappa shape index (κ1) is 16.2. The van der Waals surface area contributed by atoms with Gasteiger partial charge in [0.25, 0.3) is 0 Å². The Hall–Kier alpha value is -2.23. The van der Waals surface area contributed by atoms with Gasteiger partial charge in [0.1, 0.15) is 11.5 Å². The van der Waals surface area contributed by atoms with Gasteiger partial charge in [0.05, 0.1) is 14.2 Å². The molecule has 1 fully saturated rings. The van der Waals surface area contributed by atoms with Gasteiger partial charge in [-0.1, -0.05) is 11.6 Å². The van der Waals surface area contributed by atoms with E-state index in [4.69, 9.17) is 9.47 Å². The van der Waals surface area contributed by atoms with Gasteiger partial charge in [0.2, 0.25) is 5.91 Å². The standard InChI is InChI=1S/C21H25NO3/c1-24-17-9-6-13-7-10-18(25-2)20-14(5-8-16(17)19(13)20)11-12-22-21(23)15-3-4-15/h6,9-10,15H,3-5,7-8,11-12H2,1-2H3,(H,22,23). The van der Waals surface area contributed by atoms with Gasteiger partial charge in [0, 0.05) is 23.6 Å². The molecule has 3 aliphatic carbocycles.